The van der Waals surface area contributed by atoms with E-state index in [9.17, 15) is 9.90 Å². The first-order chi connectivity index (χ1) is 9.67. The molecule has 1 aliphatic rings. The van der Waals surface area contributed by atoms with Crippen LogP contribution in [-0.4, -0.2) is 54.4 Å². The van der Waals surface area contributed by atoms with E-state index in [1.54, 1.807) is 0 Å². The second-order valence-electron chi connectivity index (χ2n) is 5.67. The Labute approximate surface area is 123 Å². The summed E-state index contributed by atoms with van der Waals surface area (Å²) in [6, 6.07) is 0.505. The fourth-order valence-corrected chi connectivity index (χ4v) is 2.84. The number of nitrogens with zero attached hydrogens (tertiary/aromatic N) is 1. The van der Waals surface area contributed by atoms with Gasteiger partial charge in [-0.3, -0.25) is 4.90 Å². The highest BCUT2D eigenvalue weighted by Crippen LogP contribution is 2.18. The number of nitrogens with one attached hydrogen (secondary N) is 2. The quantitative estimate of drug-likeness (QED) is 0.636. The van der Waals surface area contributed by atoms with Crippen LogP contribution in [0.4, 0.5) is 4.79 Å². The van der Waals surface area contributed by atoms with Gasteiger partial charge in [0.2, 0.25) is 0 Å². The lowest BCUT2D eigenvalue weighted by Crippen LogP contribution is -2.46. The van der Waals surface area contributed by atoms with Crippen molar-refractivity contribution < 1.29 is 9.90 Å². The second-order valence-corrected chi connectivity index (χ2v) is 5.67. The van der Waals surface area contributed by atoms with Crippen LogP contribution in [0, 0.1) is 0 Å². The number of carbonyl (C=O) groups excluding carboxylic acids is 1. The number of likely N-dealkylation sites (tertiary alicyclic amines) is 1. The minimum absolute atomic E-state index is 0.176. The zero-order valence-electron chi connectivity index (χ0n) is 13.0. The van der Waals surface area contributed by atoms with Crippen molar-refractivity contribution in [1.82, 2.24) is 15.5 Å². The number of aliphatic hydroxyl groups excluding tert-OH is 1. The summed E-state index contributed by atoms with van der Waals surface area (Å²) in [5.74, 6) is 0. The lowest BCUT2D eigenvalue weighted by molar-refractivity contribution is 0.144. The average molecular weight is 285 g/mol. The maximum Gasteiger partial charge on any atom is 0.314 e. The van der Waals surface area contributed by atoms with Crippen LogP contribution < -0.4 is 10.6 Å². The highest BCUT2D eigenvalue weighted by Gasteiger charge is 2.20. The van der Waals surface area contributed by atoms with Gasteiger partial charge in [-0.05, 0) is 32.2 Å². The third-order valence-electron chi connectivity index (χ3n) is 4.03. The van der Waals surface area contributed by atoms with E-state index in [1.807, 2.05) is 6.92 Å². The van der Waals surface area contributed by atoms with Crippen LogP contribution in [0.2, 0.25) is 0 Å². The van der Waals surface area contributed by atoms with Gasteiger partial charge in [-0.1, -0.05) is 26.7 Å². The molecular formula is C15H31N3O2. The molecule has 0 aliphatic carbocycles. The van der Waals surface area contributed by atoms with Crippen molar-refractivity contribution in [3.8, 4) is 0 Å². The molecule has 0 radical (unpaired) electrons. The van der Waals surface area contributed by atoms with Gasteiger partial charge in [-0.2, -0.15) is 0 Å². The lowest BCUT2D eigenvalue weighted by atomic mass is 10.0. The number of carbonyl (C=O) groups is 1. The van der Waals surface area contributed by atoms with Crippen LogP contribution in [0.3, 0.4) is 0 Å². The summed E-state index contributed by atoms with van der Waals surface area (Å²) < 4.78 is 0. The van der Waals surface area contributed by atoms with Crippen molar-refractivity contribution >= 4 is 6.03 Å². The van der Waals surface area contributed by atoms with E-state index < -0.39 is 6.10 Å². The minimum Gasteiger partial charge on any atom is -0.391 e. The number of aliphatic hydroxyl groups is 1. The molecule has 0 aromatic heterocycles. The number of hydrogen-bond donors (Lipinski definition) is 3. The number of amides is 2. The van der Waals surface area contributed by atoms with Gasteiger partial charge in [0.15, 0.2) is 0 Å². The summed E-state index contributed by atoms with van der Waals surface area (Å²) in [5, 5.41) is 15.1. The molecule has 1 heterocycles. The van der Waals surface area contributed by atoms with Crippen molar-refractivity contribution in [3.63, 3.8) is 0 Å². The Morgan fingerprint density at radius 2 is 2.15 bits per heavy atom. The molecule has 1 rings (SSSR count). The van der Waals surface area contributed by atoms with E-state index in [0.29, 0.717) is 19.1 Å². The van der Waals surface area contributed by atoms with Crippen molar-refractivity contribution in [1.29, 1.82) is 0 Å². The number of urea groups is 1. The molecule has 0 aromatic rings. The van der Waals surface area contributed by atoms with Crippen LogP contribution in [0.1, 0.15) is 52.4 Å². The maximum absolute atomic E-state index is 11.6. The highest BCUT2D eigenvalue weighted by molar-refractivity contribution is 5.73. The highest BCUT2D eigenvalue weighted by atomic mass is 16.3. The zero-order chi connectivity index (χ0) is 14.8. The Morgan fingerprint density at radius 1 is 1.35 bits per heavy atom. The van der Waals surface area contributed by atoms with Gasteiger partial charge in [0, 0.05) is 25.7 Å². The largest absolute Gasteiger partial charge is 0.391 e. The molecule has 1 aliphatic heterocycles. The van der Waals surface area contributed by atoms with Crippen LogP contribution in [-0.2, 0) is 0 Å². The van der Waals surface area contributed by atoms with E-state index in [0.717, 1.165) is 25.9 Å². The molecule has 0 bridgehead atoms. The Morgan fingerprint density at radius 3 is 2.85 bits per heavy atom. The molecule has 2 unspecified atom stereocenters. The first-order valence-electron chi connectivity index (χ1n) is 8.11. The van der Waals surface area contributed by atoms with Crippen molar-refractivity contribution in [2.24, 2.45) is 0 Å². The number of hydrogen-bond acceptors (Lipinski definition) is 3. The third kappa shape index (κ3) is 6.57. The molecule has 0 aromatic carbocycles. The molecule has 3 N–H and O–H groups in total. The summed E-state index contributed by atoms with van der Waals surface area (Å²) in [7, 11) is 0. The molecule has 5 heteroatoms. The molecule has 5 nitrogen and oxygen atoms in total. The van der Waals surface area contributed by atoms with E-state index in [2.05, 4.69) is 22.5 Å². The van der Waals surface area contributed by atoms with Gasteiger partial charge < -0.3 is 15.7 Å². The molecule has 1 fully saturated rings. The van der Waals surface area contributed by atoms with Crippen LogP contribution >= 0.6 is 0 Å². The smallest absolute Gasteiger partial charge is 0.314 e. The zero-order valence-corrected chi connectivity index (χ0v) is 13.0. The minimum atomic E-state index is -0.433. The van der Waals surface area contributed by atoms with Gasteiger partial charge in [0.05, 0.1) is 6.10 Å². The number of rotatable bonds is 8. The van der Waals surface area contributed by atoms with E-state index in [-0.39, 0.29) is 6.03 Å². The number of piperidine rings is 1. The lowest BCUT2D eigenvalue weighted by Gasteiger charge is -2.35. The van der Waals surface area contributed by atoms with E-state index >= 15 is 0 Å². The molecule has 118 valence electrons. The molecule has 0 spiro atoms. The Kier molecular flexibility index (Phi) is 8.62. The van der Waals surface area contributed by atoms with Crippen LogP contribution in [0.5, 0.6) is 0 Å². The van der Waals surface area contributed by atoms with Gasteiger partial charge in [0.25, 0.3) is 0 Å². The Balaban J connectivity index is 2.11. The van der Waals surface area contributed by atoms with E-state index in [4.69, 9.17) is 0 Å². The predicted molar refractivity (Wildman–Crippen MR) is 81.8 cm³/mol. The predicted octanol–water partition coefficient (Wildman–Crippen LogP) is 1.71. The molecule has 0 saturated carbocycles. The van der Waals surface area contributed by atoms with E-state index in [1.165, 1.54) is 25.7 Å². The summed E-state index contributed by atoms with van der Waals surface area (Å²) >= 11 is 0. The average Bonchev–Trinajstić information content (AvgIpc) is 2.46. The monoisotopic (exact) mass is 285 g/mol. The summed E-state index contributed by atoms with van der Waals surface area (Å²) in [5.41, 5.74) is 0. The van der Waals surface area contributed by atoms with Gasteiger partial charge >= 0.3 is 6.03 Å². The SMILES string of the molecule is CCCC(O)CNC(=O)NCCN1CCCCC1CC. The fraction of sp³-hybridized carbons (Fsp3) is 0.933. The van der Waals surface area contributed by atoms with Crippen LogP contribution in [0.25, 0.3) is 0 Å². The molecule has 1 saturated heterocycles. The fourth-order valence-electron chi connectivity index (χ4n) is 2.84. The maximum atomic E-state index is 11.6. The van der Waals surface area contributed by atoms with Crippen molar-refractivity contribution in [2.45, 2.75) is 64.5 Å². The summed E-state index contributed by atoms with van der Waals surface area (Å²) in [6.45, 7) is 7.33. The Hall–Kier alpha value is -0.810. The summed E-state index contributed by atoms with van der Waals surface area (Å²) in [4.78, 5) is 14.1. The van der Waals surface area contributed by atoms with Crippen molar-refractivity contribution in [3.05, 3.63) is 0 Å². The normalized spacial score (nSPS) is 21.4. The molecule has 2 atom stereocenters. The van der Waals surface area contributed by atoms with Gasteiger partial charge in [-0.25, -0.2) is 4.79 Å². The third-order valence-corrected chi connectivity index (χ3v) is 4.03. The standard InChI is InChI=1S/C15H31N3O2/c1-3-7-14(19)12-17-15(20)16-9-11-18-10-6-5-8-13(18)4-2/h13-14,19H,3-12H2,1-2H3,(H2,16,17,20). The first-order valence-corrected chi connectivity index (χ1v) is 8.11. The van der Waals surface area contributed by atoms with Gasteiger partial charge in [0.1, 0.15) is 0 Å². The van der Waals surface area contributed by atoms with Crippen molar-refractivity contribution in [2.75, 3.05) is 26.2 Å². The molecule has 2 amide bonds. The Bertz CT molecular complexity index is 274. The molecule has 20 heavy (non-hydrogen) atoms. The van der Waals surface area contributed by atoms with Gasteiger partial charge in [-0.15, -0.1) is 0 Å². The second kappa shape index (κ2) is 10.00. The van der Waals surface area contributed by atoms with Crippen LogP contribution in [0.15, 0.2) is 0 Å². The topological polar surface area (TPSA) is 64.6 Å². The summed E-state index contributed by atoms with van der Waals surface area (Å²) in [6.07, 6.45) is 6.30. The molecular weight excluding hydrogens is 254 g/mol. The first kappa shape index (κ1) is 17.2.